The lowest BCUT2D eigenvalue weighted by atomic mass is 10.1. The zero-order chi connectivity index (χ0) is 18.0. The van der Waals surface area contributed by atoms with Crippen LogP contribution < -0.4 is 9.57 Å². The van der Waals surface area contributed by atoms with Crippen LogP contribution in [0, 0.1) is 0 Å². The van der Waals surface area contributed by atoms with Crippen molar-refractivity contribution in [2.24, 2.45) is 0 Å². The van der Waals surface area contributed by atoms with Gasteiger partial charge in [0, 0.05) is 5.56 Å². The van der Waals surface area contributed by atoms with E-state index in [0.717, 1.165) is 17.7 Å². The van der Waals surface area contributed by atoms with E-state index in [4.69, 9.17) is 21.2 Å². The number of hydrogen-bond acceptors (Lipinski definition) is 3. The summed E-state index contributed by atoms with van der Waals surface area (Å²) in [5, 5.41) is 4.07. The van der Waals surface area contributed by atoms with E-state index >= 15 is 0 Å². The van der Waals surface area contributed by atoms with E-state index in [-0.39, 0.29) is 10.8 Å². The molecule has 0 saturated carbocycles. The van der Waals surface area contributed by atoms with Crippen LogP contribution in [0.25, 0.3) is 11.3 Å². The van der Waals surface area contributed by atoms with Gasteiger partial charge in [-0.3, -0.25) is 0 Å². The maximum Gasteiger partial charge on any atom is 0.416 e. The minimum Gasteiger partial charge on any atom is -0.456 e. The molecule has 0 aliphatic heterocycles. The Morgan fingerprint density at radius 2 is 1.88 bits per heavy atom. The summed E-state index contributed by atoms with van der Waals surface area (Å²) in [6.45, 7) is 0. The first kappa shape index (κ1) is 17.2. The molecule has 0 fully saturated rings. The Morgan fingerprint density at radius 3 is 2.52 bits per heavy atom. The standard InChI is InChI=1S/C17H12ClF3N2O2/c1-24-23-8-7-15(22-23)11-3-2-4-13(9-11)25-16-6-5-12(10-14(16)18)17(19,20)21/h2-10H,1H3. The van der Waals surface area contributed by atoms with Crippen molar-refractivity contribution in [1.82, 2.24) is 9.94 Å². The largest absolute Gasteiger partial charge is 0.456 e. The van der Waals surface area contributed by atoms with Crippen molar-refractivity contribution >= 4 is 11.6 Å². The van der Waals surface area contributed by atoms with Crippen molar-refractivity contribution in [1.29, 1.82) is 0 Å². The predicted molar refractivity (Wildman–Crippen MR) is 86.7 cm³/mol. The SMILES string of the molecule is COn1ccc(-c2cccc(Oc3ccc(C(F)(F)F)cc3Cl)c2)n1. The Balaban J connectivity index is 1.85. The van der Waals surface area contributed by atoms with Gasteiger partial charge >= 0.3 is 6.18 Å². The number of aromatic nitrogens is 2. The minimum absolute atomic E-state index is 0.121. The third kappa shape index (κ3) is 3.88. The average Bonchev–Trinajstić information content (AvgIpc) is 3.05. The topological polar surface area (TPSA) is 36.3 Å². The van der Waals surface area contributed by atoms with Gasteiger partial charge < -0.3 is 9.57 Å². The molecule has 0 aliphatic rings. The zero-order valence-corrected chi connectivity index (χ0v) is 13.7. The first-order chi connectivity index (χ1) is 11.9. The van der Waals surface area contributed by atoms with Gasteiger partial charge in [0.15, 0.2) is 0 Å². The molecule has 130 valence electrons. The second-order valence-electron chi connectivity index (χ2n) is 5.06. The van der Waals surface area contributed by atoms with E-state index < -0.39 is 11.7 Å². The van der Waals surface area contributed by atoms with Crippen molar-refractivity contribution in [2.75, 3.05) is 7.11 Å². The van der Waals surface area contributed by atoms with Crippen LogP contribution in [-0.2, 0) is 6.18 Å². The summed E-state index contributed by atoms with van der Waals surface area (Å²) in [4.78, 5) is 6.26. The summed E-state index contributed by atoms with van der Waals surface area (Å²) in [6.07, 6.45) is -2.81. The predicted octanol–water partition coefficient (Wildman–Crippen LogP) is 5.07. The Labute approximate surface area is 146 Å². The van der Waals surface area contributed by atoms with Gasteiger partial charge in [0.05, 0.1) is 22.5 Å². The van der Waals surface area contributed by atoms with Crippen molar-refractivity contribution < 1.29 is 22.7 Å². The lowest BCUT2D eigenvalue weighted by molar-refractivity contribution is -0.137. The molecule has 0 atom stereocenters. The highest BCUT2D eigenvalue weighted by Gasteiger charge is 2.31. The van der Waals surface area contributed by atoms with Crippen LogP contribution in [0.2, 0.25) is 5.02 Å². The van der Waals surface area contributed by atoms with Gasteiger partial charge in [0.25, 0.3) is 0 Å². The van der Waals surface area contributed by atoms with Crippen LogP contribution in [0.5, 0.6) is 11.5 Å². The Kier molecular flexibility index (Phi) is 4.59. The molecule has 1 aromatic heterocycles. The highest BCUT2D eigenvalue weighted by Crippen LogP contribution is 2.36. The fourth-order valence-corrected chi connectivity index (χ4v) is 2.39. The minimum atomic E-state index is -4.46. The fourth-order valence-electron chi connectivity index (χ4n) is 2.17. The maximum atomic E-state index is 12.7. The highest BCUT2D eigenvalue weighted by molar-refractivity contribution is 6.32. The molecule has 0 bridgehead atoms. The Hall–Kier alpha value is -2.67. The monoisotopic (exact) mass is 368 g/mol. The van der Waals surface area contributed by atoms with E-state index in [1.165, 1.54) is 18.0 Å². The van der Waals surface area contributed by atoms with Gasteiger partial charge in [-0.05, 0) is 36.4 Å². The van der Waals surface area contributed by atoms with E-state index in [1.54, 1.807) is 30.5 Å². The van der Waals surface area contributed by atoms with Crippen LogP contribution in [-0.4, -0.2) is 17.1 Å². The number of benzene rings is 2. The molecule has 25 heavy (non-hydrogen) atoms. The zero-order valence-electron chi connectivity index (χ0n) is 12.9. The van der Waals surface area contributed by atoms with Crippen LogP contribution in [0.4, 0.5) is 13.2 Å². The number of halogens is 4. The summed E-state index contributed by atoms with van der Waals surface area (Å²) in [5.41, 5.74) is 0.589. The second kappa shape index (κ2) is 6.68. The van der Waals surface area contributed by atoms with Gasteiger partial charge in [-0.2, -0.15) is 13.2 Å². The van der Waals surface area contributed by atoms with Crippen molar-refractivity contribution in [2.45, 2.75) is 6.18 Å². The molecule has 4 nitrogen and oxygen atoms in total. The third-order valence-electron chi connectivity index (χ3n) is 3.37. The summed E-state index contributed by atoms with van der Waals surface area (Å²) >= 11 is 5.91. The molecule has 0 amide bonds. The summed E-state index contributed by atoms with van der Waals surface area (Å²) < 4.78 is 43.6. The van der Waals surface area contributed by atoms with Gasteiger partial charge in [0.1, 0.15) is 18.6 Å². The van der Waals surface area contributed by atoms with Gasteiger partial charge in [0.2, 0.25) is 0 Å². The van der Waals surface area contributed by atoms with Crippen LogP contribution in [0.15, 0.2) is 54.7 Å². The molecule has 3 rings (SSSR count). The van der Waals surface area contributed by atoms with Gasteiger partial charge in [-0.15, -0.1) is 9.94 Å². The lowest BCUT2D eigenvalue weighted by Crippen LogP contribution is -2.05. The van der Waals surface area contributed by atoms with Crippen molar-refractivity contribution in [3.63, 3.8) is 0 Å². The molecule has 0 radical (unpaired) electrons. The Bertz CT molecular complexity index is 894. The molecule has 0 N–H and O–H groups in total. The molecule has 3 aromatic rings. The molecule has 0 saturated heterocycles. The number of rotatable bonds is 4. The molecular weight excluding hydrogens is 357 g/mol. The van der Waals surface area contributed by atoms with Gasteiger partial charge in [-0.25, -0.2) is 0 Å². The van der Waals surface area contributed by atoms with E-state index in [9.17, 15) is 13.2 Å². The van der Waals surface area contributed by atoms with Crippen molar-refractivity contribution in [3.8, 4) is 22.8 Å². The summed E-state index contributed by atoms with van der Waals surface area (Å²) in [6, 6.07) is 11.6. The molecule has 0 aliphatic carbocycles. The van der Waals surface area contributed by atoms with Crippen LogP contribution >= 0.6 is 11.6 Å². The lowest BCUT2D eigenvalue weighted by Gasteiger charge is -2.11. The first-order valence-corrected chi connectivity index (χ1v) is 7.50. The number of hydrogen-bond donors (Lipinski definition) is 0. The smallest absolute Gasteiger partial charge is 0.416 e. The van der Waals surface area contributed by atoms with Gasteiger partial charge in [-0.1, -0.05) is 23.7 Å². The van der Waals surface area contributed by atoms with E-state index in [2.05, 4.69) is 5.10 Å². The number of ether oxygens (including phenoxy) is 1. The quantitative estimate of drug-likeness (QED) is 0.645. The fraction of sp³-hybridized carbons (Fsp3) is 0.118. The van der Waals surface area contributed by atoms with Crippen LogP contribution in [0.3, 0.4) is 0 Å². The molecule has 8 heteroatoms. The number of alkyl halides is 3. The van der Waals surface area contributed by atoms with E-state index in [1.807, 2.05) is 6.07 Å². The molecule has 0 unspecified atom stereocenters. The van der Waals surface area contributed by atoms with Crippen LogP contribution in [0.1, 0.15) is 5.56 Å². The highest BCUT2D eigenvalue weighted by atomic mass is 35.5. The van der Waals surface area contributed by atoms with Crippen molar-refractivity contribution in [3.05, 3.63) is 65.3 Å². The molecular formula is C17H12ClF3N2O2. The molecule has 0 spiro atoms. The maximum absolute atomic E-state index is 12.7. The summed E-state index contributed by atoms with van der Waals surface area (Å²) in [5.74, 6) is 0.556. The molecule has 2 aromatic carbocycles. The second-order valence-corrected chi connectivity index (χ2v) is 5.47. The molecule has 1 heterocycles. The van der Waals surface area contributed by atoms with E-state index in [0.29, 0.717) is 11.4 Å². The Morgan fingerprint density at radius 1 is 1.08 bits per heavy atom. The number of nitrogens with zero attached hydrogens (tertiary/aromatic N) is 2. The average molecular weight is 369 g/mol. The summed E-state index contributed by atoms with van der Waals surface area (Å²) in [7, 11) is 1.49. The normalized spacial score (nSPS) is 11.4. The third-order valence-corrected chi connectivity index (χ3v) is 3.67. The first-order valence-electron chi connectivity index (χ1n) is 7.12.